The molecule has 10 heteroatoms. The number of nitrogens with one attached hydrogen (secondary N) is 2. The fourth-order valence-corrected chi connectivity index (χ4v) is 2.33. The lowest BCUT2D eigenvalue weighted by molar-refractivity contribution is -0.385. The number of H-pyrrole nitrogens is 1. The lowest BCUT2D eigenvalue weighted by atomic mass is 10.1. The van der Waals surface area contributed by atoms with Gasteiger partial charge in [0.2, 0.25) is 5.16 Å². The first kappa shape index (κ1) is 16.6. The van der Waals surface area contributed by atoms with E-state index in [2.05, 4.69) is 25.7 Å². The molecule has 1 amide bonds. The average molecular weight is 334 g/mol. The second-order valence-corrected chi connectivity index (χ2v) is 5.44. The Hall–Kier alpha value is -2.75. The van der Waals surface area contributed by atoms with Gasteiger partial charge in [0.1, 0.15) is 5.82 Å². The number of carbonyl (C=O) groups is 1. The highest BCUT2D eigenvalue weighted by Crippen LogP contribution is 2.18. The number of aryl methyl sites for hydroxylation is 1. The zero-order valence-corrected chi connectivity index (χ0v) is 13.3. The molecule has 0 saturated heterocycles. The van der Waals surface area contributed by atoms with E-state index in [1.807, 2.05) is 0 Å². The van der Waals surface area contributed by atoms with Crippen molar-refractivity contribution < 1.29 is 9.72 Å². The number of hydrogen-bond donors (Lipinski definition) is 2. The van der Waals surface area contributed by atoms with Gasteiger partial charge in [0.05, 0.1) is 22.0 Å². The molecular formula is C13H14N6O3S. The van der Waals surface area contributed by atoms with Crippen LogP contribution in [0.2, 0.25) is 0 Å². The van der Waals surface area contributed by atoms with E-state index in [0.29, 0.717) is 22.3 Å². The Morgan fingerprint density at radius 1 is 1.48 bits per heavy atom. The molecular weight excluding hydrogens is 320 g/mol. The Kier molecular flexibility index (Phi) is 5.41. The normalized spacial score (nSPS) is 11.3. The largest absolute Gasteiger partial charge is 0.278 e. The highest BCUT2D eigenvalue weighted by atomic mass is 32.2. The van der Waals surface area contributed by atoms with Crippen LogP contribution in [0, 0.1) is 17.0 Å². The summed E-state index contributed by atoms with van der Waals surface area (Å²) >= 11 is 1.16. The summed E-state index contributed by atoms with van der Waals surface area (Å²) in [6.45, 7) is 3.35. The van der Waals surface area contributed by atoms with Crippen LogP contribution >= 0.6 is 11.8 Å². The number of nitro benzene ring substituents is 1. The minimum absolute atomic E-state index is 0.0615. The summed E-state index contributed by atoms with van der Waals surface area (Å²) in [4.78, 5) is 26.3. The quantitative estimate of drug-likeness (QED) is 0.358. The molecule has 2 N–H and O–H groups in total. The zero-order chi connectivity index (χ0) is 16.8. The first-order valence-corrected chi connectivity index (χ1v) is 7.54. The highest BCUT2D eigenvalue weighted by Gasteiger charge is 2.15. The van der Waals surface area contributed by atoms with Gasteiger partial charge < -0.3 is 0 Å². The van der Waals surface area contributed by atoms with Crippen molar-refractivity contribution in [2.24, 2.45) is 5.10 Å². The third-order valence-corrected chi connectivity index (χ3v) is 3.60. The number of amides is 1. The number of nitro groups is 1. The van der Waals surface area contributed by atoms with Gasteiger partial charge in [0.15, 0.2) is 0 Å². The summed E-state index contributed by atoms with van der Waals surface area (Å²) in [5, 5.41) is 21.9. The maximum atomic E-state index is 11.7. The van der Waals surface area contributed by atoms with E-state index >= 15 is 0 Å². The molecule has 0 aliphatic carbocycles. The number of thioether (sulfide) groups is 1. The Labute approximate surface area is 135 Å². The average Bonchev–Trinajstić information content (AvgIpc) is 2.96. The predicted octanol–water partition coefficient (Wildman–Crippen LogP) is 1.65. The van der Waals surface area contributed by atoms with Crippen LogP contribution in [0.1, 0.15) is 18.3 Å². The number of aromatic nitrogens is 3. The molecule has 2 aromatic rings. The van der Waals surface area contributed by atoms with Crippen LogP contribution < -0.4 is 5.43 Å². The Morgan fingerprint density at radius 2 is 2.22 bits per heavy atom. The van der Waals surface area contributed by atoms with Gasteiger partial charge in [-0.15, -0.1) is 5.10 Å². The van der Waals surface area contributed by atoms with Crippen molar-refractivity contribution in [1.29, 1.82) is 0 Å². The van der Waals surface area contributed by atoms with Crippen LogP contribution in [0.3, 0.4) is 0 Å². The molecule has 120 valence electrons. The van der Waals surface area contributed by atoms with Gasteiger partial charge >= 0.3 is 0 Å². The van der Waals surface area contributed by atoms with E-state index in [9.17, 15) is 14.9 Å². The number of benzene rings is 1. The minimum atomic E-state index is -0.488. The van der Waals surface area contributed by atoms with Crippen LogP contribution in [0.25, 0.3) is 0 Å². The summed E-state index contributed by atoms with van der Waals surface area (Å²) in [7, 11) is 0. The van der Waals surface area contributed by atoms with Crippen molar-refractivity contribution in [3.8, 4) is 0 Å². The van der Waals surface area contributed by atoms with Crippen LogP contribution in [-0.2, 0) is 4.79 Å². The van der Waals surface area contributed by atoms with Crippen molar-refractivity contribution in [2.45, 2.75) is 19.0 Å². The second-order valence-electron chi connectivity index (χ2n) is 4.50. The van der Waals surface area contributed by atoms with E-state index in [1.165, 1.54) is 6.07 Å². The molecule has 0 saturated carbocycles. The maximum absolute atomic E-state index is 11.7. The molecule has 0 atom stereocenters. The molecule has 23 heavy (non-hydrogen) atoms. The van der Waals surface area contributed by atoms with Crippen LogP contribution in [0.15, 0.2) is 34.5 Å². The number of aromatic amines is 1. The van der Waals surface area contributed by atoms with Gasteiger partial charge in [0.25, 0.3) is 11.6 Å². The molecule has 0 bridgehead atoms. The molecule has 0 unspecified atom stereocenters. The number of carbonyl (C=O) groups excluding carboxylic acids is 1. The van der Waals surface area contributed by atoms with Crippen molar-refractivity contribution >= 4 is 29.1 Å². The summed E-state index contributed by atoms with van der Waals surface area (Å²) in [6.07, 6.45) is 0. The van der Waals surface area contributed by atoms with Gasteiger partial charge in [-0.05, 0) is 19.9 Å². The van der Waals surface area contributed by atoms with Crippen LogP contribution in [0.4, 0.5) is 5.69 Å². The molecule has 0 aliphatic heterocycles. The fraction of sp³-hybridized carbons (Fsp3) is 0.231. The van der Waals surface area contributed by atoms with E-state index in [-0.39, 0.29) is 17.3 Å². The third-order valence-electron chi connectivity index (χ3n) is 2.75. The highest BCUT2D eigenvalue weighted by molar-refractivity contribution is 7.99. The predicted molar refractivity (Wildman–Crippen MR) is 85.3 cm³/mol. The summed E-state index contributed by atoms with van der Waals surface area (Å²) < 4.78 is 0. The summed E-state index contributed by atoms with van der Waals surface area (Å²) in [5.74, 6) is 0.402. The van der Waals surface area contributed by atoms with Crippen molar-refractivity contribution in [3.63, 3.8) is 0 Å². The lowest BCUT2D eigenvalue weighted by Crippen LogP contribution is -2.21. The smallest absolute Gasteiger partial charge is 0.272 e. The molecule has 1 aromatic carbocycles. The monoisotopic (exact) mass is 334 g/mol. The zero-order valence-electron chi connectivity index (χ0n) is 12.4. The molecule has 9 nitrogen and oxygen atoms in total. The van der Waals surface area contributed by atoms with Gasteiger partial charge in [0, 0.05) is 6.07 Å². The molecule has 0 radical (unpaired) electrons. The second kappa shape index (κ2) is 7.49. The number of hydrogen-bond acceptors (Lipinski definition) is 7. The fourth-order valence-electron chi connectivity index (χ4n) is 1.69. The Bertz CT molecular complexity index is 758. The van der Waals surface area contributed by atoms with Crippen LogP contribution in [-0.4, -0.2) is 37.5 Å². The topological polar surface area (TPSA) is 126 Å². The van der Waals surface area contributed by atoms with E-state index in [1.54, 1.807) is 32.0 Å². The number of hydrazone groups is 1. The first-order chi connectivity index (χ1) is 11.0. The van der Waals surface area contributed by atoms with Crippen molar-refractivity contribution in [2.75, 3.05) is 5.75 Å². The summed E-state index contributed by atoms with van der Waals surface area (Å²) in [5.41, 5.74) is 3.01. The number of para-hydroxylation sites is 1. The molecule has 1 aromatic heterocycles. The van der Waals surface area contributed by atoms with E-state index in [4.69, 9.17) is 0 Å². The molecule has 0 spiro atoms. The minimum Gasteiger partial charge on any atom is -0.272 e. The van der Waals surface area contributed by atoms with Gasteiger partial charge in [-0.2, -0.15) is 5.10 Å². The van der Waals surface area contributed by atoms with Crippen molar-refractivity contribution in [1.82, 2.24) is 20.6 Å². The summed E-state index contributed by atoms with van der Waals surface area (Å²) in [6, 6.07) is 6.21. The molecule has 2 rings (SSSR count). The molecule has 0 aliphatic rings. The maximum Gasteiger partial charge on any atom is 0.278 e. The van der Waals surface area contributed by atoms with Gasteiger partial charge in [-0.25, -0.2) is 10.4 Å². The first-order valence-electron chi connectivity index (χ1n) is 6.56. The standard InChI is InChI=1S/C13H14N6O3S/c1-8(10-5-3-4-6-11(10)19(21)22)15-17-12(20)7-23-13-14-9(2)16-18-13/h3-6H,7H2,1-2H3,(H,17,20)(H,14,16,18)/b15-8+. The SMILES string of the molecule is C/C(=N\NC(=O)CSc1n[nH]c(C)n1)c1ccccc1[N+](=O)[O-]. The van der Waals surface area contributed by atoms with E-state index < -0.39 is 4.92 Å². The van der Waals surface area contributed by atoms with Gasteiger partial charge in [-0.3, -0.25) is 20.0 Å². The van der Waals surface area contributed by atoms with Gasteiger partial charge in [-0.1, -0.05) is 23.9 Å². The van der Waals surface area contributed by atoms with Crippen LogP contribution in [0.5, 0.6) is 0 Å². The Morgan fingerprint density at radius 3 is 2.87 bits per heavy atom. The molecule has 0 fully saturated rings. The number of nitrogens with zero attached hydrogens (tertiary/aromatic N) is 4. The molecule has 1 heterocycles. The number of rotatable bonds is 6. The third kappa shape index (κ3) is 4.61. The lowest BCUT2D eigenvalue weighted by Gasteiger charge is -2.03. The van der Waals surface area contributed by atoms with Crippen molar-refractivity contribution in [3.05, 3.63) is 45.8 Å². The van der Waals surface area contributed by atoms with E-state index in [0.717, 1.165) is 11.8 Å². The Balaban J connectivity index is 1.96.